The Balaban J connectivity index is 2.33. The van der Waals surface area contributed by atoms with E-state index in [1.54, 1.807) is 0 Å². The Morgan fingerprint density at radius 3 is 2.27 bits per heavy atom. The van der Waals surface area contributed by atoms with Crippen LogP contribution in [0.3, 0.4) is 0 Å². The van der Waals surface area contributed by atoms with Crippen molar-refractivity contribution in [1.82, 2.24) is 14.8 Å². The number of alkyl halides is 3. The van der Waals surface area contributed by atoms with E-state index in [9.17, 15) is 13.2 Å². The van der Waals surface area contributed by atoms with Gasteiger partial charge in [-0.2, -0.15) is 13.2 Å². The van der Waals surface area contributed by atoms with E-state index >= 15 is 0 Å². The highest BCUT2D eigenvalue weighted by Gasteiger charge is 2.29. The fourth-order valence-electron chi connectivity index (χ4n) is 1.11. The summed E-state index contributed by atoms with van der Waals surface area (Å²) in [6.07, 6.45) is -0.635. The fourth-order valence-corrected chi connectivity index (χ4v) is 1.11. The lowest BCUT2D eigenvalue weighted by Crippen LogP contribution is -2.05. The van der Waals surface area contributed by atoms with E-state index in [2.05, 4.69) is 16.4 Å². The molecule has 0 aliphatic rings. The number of hydrogen-bond acceptors (Lipinski definition) is 2. The van der Waals surface area contributed by atoms with Crippen molar-refractivity contribution in [2.75, 3.05) is 0 Å². The molecule has 1 aromatic carbocycles. The van der Waals surface area contributed by atoms with Gasteiger partial charge in [0, 0.05) is 0 Å². The van der Waals surface area contributed by atoms with Crippen molar-refractivity contribution in [3.8, 4) is 5.69 Å². The highest BCUT2D eigenvalue weighted by Crippen LogP contribution is 2.29. The summed E-state index contributed by atoms with van der Waals surface area (Å²) >= 11 is 0. The van der Waals surface area contributed by atoms with Crippen LogP contribution < -0.4 is 0 Å². The van der Waals surface area contributed by atoms with E-state index in [0.29, 0.717) is 5.69 Å². The maximum atomic E-state index is 12.2. The fraction of sp³-hybridized carbons (Fsp3) is 0.111. The van der Waals surface area contributed by atoms with Crippen LogP contribution in [0.1, 0.15) is 5.56 Å². The normalized spacial score (nSPS) is 11.7. The lowest BCUT2D eigenvalue weighted by molar-refractivity contribution is -0.137. The van der Waals surface area contributed by atoms with Gasteiger partial charge in [0.25, 0.3) is 0 Å². The van der Waals surface area contributed by atoms with Crippen LogP contribution in [0.4, 0.5) is 13.2 Å². The molecule has 15 heavy (non-hydrogen) atoms. The van der Waals surface area contributed by atoms with Crippen molar-refractivity contribution < 1.29 is 13.2 Å². The van der Waals surface area contributed by atoms with Gasteiger partial charge in [-0.05, 0) is 24.3 Å². The molecule has 0 fully saturated rings. The number of aromatic nitrogens is 3. The van der Waals surface area contributed by atoms with E-state index in [1.165, 1.54) is 23.1 Å². The van der Waals surface area contributed by atoms with Gasteiger partial charge in [-0.25, -0.2) is 9.67 Å². The quantitative estimate of drug-likeness (QED) is 0.724. The van der Waals surface area contributed by atoms with Crippen LogP contribution in [0.2, 0.25) is 0 Å². The summed E-state index contributed by atoms with van der Waals surface area (Å²) in [5.74, 6) is 0. The minimum atomic E-state index is -4.31. The van der Waals surface area contributed by atoms with Gasteiger partial charge in [0.2, 0.25) is 6.33 Å². The summed E-state index contributed by atoms with van der Waals surface area (Å²) in [4.78, 5) is 3.57. The zero-order valence-electron chi connectivity index (χ0n) is 7.36. The van der Waals surface area contributed by atoms with E-state index in [1.807, 2.05) is 0 Å². The molecule has 2 aromatic rings. The molecule has 0 bridgehead atoms. The van der Waals surface area contributed by atoms with Gasteiger partial charge < -0.3 is 0 Å². The first kappa shape index (κ1) is 9.70. The minimum Gasteiger partial charge on any atom is -0.220 e. The average Bonchev–Trinajstić information content (AvgIpc) is 2.69. The Labute approximate surface area is 83.2 Å². The Hall–Kier alpha value is -1.85. The van der Waals surface area contributed by atoms with Gasteiger partial charge in [-0.15, -0.1) is 5.10 Å². The zero-order valence-corrected chi connectivity index (χ0v) is 7.36. The Morgan fingerprint density at radius 2 is 1.80 bits per heavy atom. The summed E-state index contributed by atoms with van der Waals surface area (Å²) in [5, 5.41) is 3.68. The van der Waals surface area contributed by atoms with E-state index in [0.717, 1.165) is 12.1 Å². The van der Waals surface area contributed by atoms with Gasteiger partial charge in [-0.3, -0.25) is 0 Å². The third-order valence-electron chi connectivity index (χ3n) is 1.84. The van der Waals surface area contributed by atoms with Crippen molar-refractivity contribution in [3.05, 3.63) is 42.5 Å². The largest absolute Gasteiger partial charge is 0.416 e. The van der Waals surface area contributed by atoms with Crippen LogP contribution in [-0.2, 0) is 6.18 Å². The van der Waals surface area contributed by atoms with Crippen molar-refractivity contribution in [2.45, 2.75) is 6.18 Å². The van der Waals surface area contributed by atoms with Crippen LogP contribution in [0.25, 0.3) is 5.69 Å². The SMILES string of the molecule is FC(F)(F)c1ccc(-n2cn[c]n2)cc1. The maximum absolute atomic E-state index is 12.2. The first-order chi connectivity index (χ1) is 7.07. The van der Waals surface area contributed by atoms with E-state index in [4.69, 9.17) is 0 Å². The van der Waals surface area contributed by atoms with Gasteiger partial charge in [-0.1, -0.05) is 0 Å². The molecule has 0 atom stereocenters. The first-order valence-corrected chi connectivity index (χ1v) is 4.03. The molecule has 3 nitrogen and oxygen atoms in total. The molecule has 0 saturated heterocycles. The van der Waals surface area contributed by atoms with E-state index in [-0.39, 0.29) is 0 Å². The summed E-state index contributed by atoms with van der Waals surface area (Å²) in [6.45, 7) is 0. The number of nitrogens with zero attached hydrogens (tertiary/aromatic N) is 3. The standard InChI is InChI=1S/C9H5F3N3/c10-9(11,12)7-1-3-8(4-2-7)15-6-13-5-14-15/h1-4,6H. The summed E-state index contributed by atoms with van der Waals surface area (Å²) < 4.78 is 38.0. The molecular weight excluding hydrogens is 207 g/mol. The molecule has 1 aromatic heterocycles. The third kappa shape index (κ3) is 1.98. The molecule has 1 heterocycles. The molecule has 0 saturated carbocycles. The lowest BCUT2D eigenvalue weighted by Gasteiger charge is -2.06. The van der Waals surface area contributed by atoms with Crippen LogP contribution in [0.5, 0.6) is 0 Å². The third-order valence-corrected chi connectivity index (χ3v) is 1.84. The molecule has 0 spiro atoms. The van der Waals surface area contributed by atoms with Gasteiger partial charge in [0.15, 0.2) is 0 Å². The maximum Gasteiger partial charge on any atom is 0.416 e. The molecule has 0 unspecified atom stereocenters. The van der Waals surface area contributed by atoms with Crippen LogP contribution in [0, 0.1) is 6.33 Å². The highest BCUT2D eigenvalue weighted by atomic mass is 19.4. The molecule has 77 valence electrons. The molecule has 2 rings (SSSR count). The minimum absolute atomic E-state index is 0.511. The van der Waals surface area contributed by atoms with Gasteiger partial charge in [0.1, 0.15) is 6.33 Å². The van der Waals surface area contributed by atoms with Gasteiger partial charge in [0.05, 0.1) is 11.3 Å². The van der Waals surface area contributed by atoms with Crippen LogP contribution in [-0.4, -0.2) is 14.8 Å². The van der Waals surface area contributed by atoms with Crippen LogP contribution in [0.15, 0.2) is 30.6 Å². The van der Waals surface area contributed by atoms with Crippen LogP contribution >= 0.6 is 0 Å². The van der Waals surface area contributed by atoms with Gasteiger partial charge >= 0.3 is 6.18 Å². The number of benzene rings is 1. The molecule has 6 heteroatoms. The van der Waals surface area contributed by atoms with E-state index < -0.39 is 11.7 Å². The molecular formula is C9H5F3N3. The summed E-state index contributed by atoms with van der Waals surface area (Å²) in [7, 11) is 0. The second-order valence-electron chi connectivity index (χ2n) is 2.83. The first-order valence-electron chi connectivity index (χ1n) is 4.03. The highest BCUT2D eigenvalue weighted by molar-refractivity contribution is 5.34. The second kappa shape index (κ2) is 3.38. The Morgan fingerprint density at radius 1 is 1.13 bits per heavy atom. The summed E-state index contributed by atoms with van der Waals surface area (Å²) in [5.41, 5.74) is -0.174. The second-order valence-corrected chi connectivity index (χ2v) is 2.83. The molecule has 0 N–H and O–H groups in total. The molecule has 0 aliphatic heterocycles. The number of halogens is 3. The molecule has 0 amide bonds. The predicted molar refractivity (Wildman–Crippen MR) is 45.2 cm³/mol. The number of hydrogen-bond donors (Lipinski definition) is 0. The lowest BCUT2D eigenvalue weighted by atomic mass is 10.2. The van der Waals surface area contributed by atoms with Crippen molar-refractivity contribution in [3.63, 3.8) is 0 Å². The monoisotopic (exact) mass is 212 g/mol. The Bertz CT molecular complexity index is 431. The van der Waals surface area contributed by atoms with Crippen molar-refractivity contribution >= 4 is 0 Å². The smallest absolute Gasteiger partial charge is 0.220 e. The zero-order chi connectivity index (χ0) is 10.9. The average molecular weight is 212 g/mol. The topological polar surface area (TPSA) is 30.7 Å². The molecule has 0 aliphatic carbocycles. The Kier molecular flexibility index (Phi) is 2.18. The molecule has 1 radical (unpaired) electrons. The predicted octanol–water partition coefficient (Wildman–Crippen LogP) is 2.09. The van der Waals surface area contributed by atoms with Crippen molar-refractivity contribution in [1.29, 1.82) is 0 Å². The number of rotatable bonds is 1. The summed E-state index contributed by atoms with van der Waals surface area (Å²) in [6, 6.07) is 4.64. The van der Waals surface area contributed by atoms with Crippen molar-refractivity contribution in [2.24, 2.45) is 0 Å².